The normalized spacial score (nSPS) is 10.7. The minimum Gasteiger partial charge on any atom is -0.482 e. The van der Waals surface area contributed by atoms with Gasteiger partial charge in [-0.3, -0.25) is 15.5 Å². The molecule has 0 fully saturated rings. The Labute approximate surface area is 149 Å². The summed E-state index contributed by atoms with van der Waals surface area (Å²) in [6.45, 7) is 3.39. The molecule has 2 aromatic rings. The Morgan fingerprint density at radius 1 is 1.31 bits per heavy atom. The summed E-state index contributed by atoms with van der Waals surface area (Å²) in [4.78, 5) is 25.3. The highest BCUT2D eigenvalue weighted by molar-refractivity contribution is 5.80. The van der Waals surface area contributed by atoms with Crippen LogP contribution in [-0.2, 0) is 9.53 Å². The predicted octanol–water partition coefficient (Wildman–Crippen LogP) is 2.77. The number of nitrogens with one attached hydrogen (secondary N) is 1. The van der Waals surface area contributed by atoms with Crippen LogP contribution in [0.5, 0.6) is 5.75 Å². The van der Waals surface area contributed by atoms with Crippen LogP contribution in [0.25, 0.3) is 0 Å². The van der Waals surface area contributed by atoms with E-state index in [0.717, 1.165) is 11.8 Å². The molecule has 136 valence electrons. The molecule has 1 N–H and O–H groups in total. The van der Waals surface area contributed by atoms with E-state index in [4.69, 9.17) is 9.47 Å². The average molecular weight is 358 g/mol. The monoisotopic (exact) mass is 358 g/mol. The number of rotatable bonds is 8. The number of hydrazone groups is 1. The average Bonchev–Trinajstić information content (AvgIpc) is 2.61. The molecule has 0 bridgehead atoms. The third kappa shape index (κ3) is 6.19. The highest BCUT2D eigenvalue weighted by Crippen LogP contribution is 2.13. The Bertz CT molecular complexity index is 773. The fourth-order valence-electron chi connectivity index (χ4n) is 1.82. The second-order valence-electron chi connectivity index (χ2n) is 5.43. The van der Waals surface area contributed by atoms with E-state index in [9.17, 15) is 14.9 Å². The van der Waals surface area contributed by atoms with Gasteiger partial charge in [0, 0.05) is 6.07 Å². The number of carbonyl (C=O) groups excluding carboxylic acids is 1. The number of ether oxygens (including phenoxy) is 2. The second-order valence-corrected chi connectivity index (χ2v) is 5.43. The third-order valence-corrected chi connectivity index (χ3v) is 2.96. The zero-order chi connectivity index (χ0) is 18.9. The Morgan fingerprint density at radius 2 is 2.04 bits per heavy atom. The topological polar surface area (TPSA) is 116 Å². The van der Waals surface area contributed by atoms with E-state index in [1.165, 1.54) is 12.1 Å². The number of anilines is 1. The van der Waals surface area contributed by atoms with Crippen molar-refractivity contribution in [3.63, 3.8) is 0 Å². The van der Waals surface area contributed by atoms with Crippen LogP contribution in [-0.4, -0.2) is 34.8 Å². The first-order chi connectivity index (χ1) is 12.4. The quantitative estimate of drug-likeness (QED) is 0.334. The van der Waals surface area contributed by atoms with E-state index in [0.29, 0.717) is 11.6 Å². The molecule has 0 saturated heterocycles. The minimum atomic E-state index is -0.522. The van der Waals surface area contributed by atoms with Crippen LogP contribution in [0.2, 0.25) is 0 Å². The largest absolute Gasteiger partial charge is 0.482 e. The van der Waals surface area contributed by atoms with Crippen molar-refractivity contribution in [3.05, 3.63) is 58.3 Å². The van der Waals surface area contributed by atoms with Gasteiger partial charge in [0.2, 0.25) is 0 Å². The maximum absolute atomic E-state index is 11.4. The second kappa shape index (κ2) is 9.11. The molecule has 0 unspecified atom stereocenters. The molecule has 9 heteroatoms. The van der Waals surface area contributed by atoms with Crippen molar-refractivity contribution < 1.29 is 19.2 Å². The lowest BCUT2D eigenvalue weighted by molar-refractivity contribution is -0.385. The number of aromatic nitrogens is 1. The molecule has 2 rings (SSSR count). The van der Waals surface area contributed by atoms with Crippen LogP contribution in [0.1, 0.15) is 19.4 Å². The van der Waals surface area contributed by atoms with Gasteiger partial charge in [-0.05, 0) is 49.7 Å². The smallest absolute Gasteiger partial charge is 0.344 e. The molecule has 0 radical (unpaired) electrons. The van der Waals surface area contributed by atoms with Crippen molar-refractivity contribution in [2.45, 2.75) is 20.0 Å². The van der Waals surface area contributed by atoms with Crippen LogP contribution in [0, 0.1) is 10.1 Å². The third-order valence-electron chi connectivity index (χ3n) is 2.96. The summed E-state index contributed by atoms with van der Waals surface area (Å²) in [5.74, 6) is 0.494. The first kappa shape index (κ1) is 18.8. The van der Waals surface area contributed by atoms with E-state index < -0.39 is 10.9 Å². The van der Waals surface area contributed by atoms with Crippen LogP contribution >= 0.6 is 0 Å². The van der Waals surface area contributed by atoms with Crippen molar-refractivity contribution in [3.8, 4) is 5.75 Å². The molecule has 0 saturated carbocycles. The van der Waals surface area contributed by atoms with Crippen molar-refractivity contribution in [2.24, 2.45) is 5.10 Å². The Balaban J connectivity index is 1.83. The fourth-order valence-corrected chi connectivity index (χ4v) is 1.82. The Kier molecular flexibility index (Phi) is 6.60. The summed E-state index contributed by atoms with van der Waals surface area (Å²) in [6.07, 6.45) is 2.52. The Morgan fingerprint density at radius 3 is 2.62 bits per heavy atom. The number of hydrogen-bond acceptors (Lipinski definition) is 8. The zero-order valence-electron chi connectivity index (χ0n) is 14.3. The van der Waals surface area contributed by atoms with Crippen molar-refractivity contribution in [2.75, 3.05) is 12.0 Å². The van der Waals surface area contributed by atoms with Gasteiger partial charge >= 0.3 is 5.97 Å². The van der Waals surface area contributed by atoms with Gasteiger partial charge in [-0.2, -0.15) is 5.10 Å². The van der Waals surface area contributed by atoms with Crippen molar-refractivity contribution in [1.29, 1.82) is 0 Å². The fraction of sp³-hybridized carbons (Fsp3) is 0.235. The van der Waals surface area contributed by atoms with E-state index >= 15 is 0 Å². The number of benzene rings is 1. The number of esters is 1. The molecular weight excluding hydrogens is 340 g/mol. The molecule has 0 aliphatic heterocycles. The van der Waals surface area contributed by atoms with Crippen LogP contribution < -0.4 is 10.2 Å². The number of nitro groups is 1. The lowest BCUT2D eigenvalue weighted by atomic mass is 10.2. The molecule has 1 aromatic heterocycles. The lowest BCUT2D eigenvalue weighted by Gasteiger charge is -2.09. The SMILES string of the molecule is CC(C)OC(=O)COc1ccc(/C=N\Nc2ccc([N+](=O)[O-])cn2)cc1. The number of nitrogens with zero attached hydrogens (tertiary/aromatic N) is 3. The summed E-state index contributed by atoms with van der Waals surface area (Å²) >= 11 is 0. The maximum Gasteiger partial charge on any atom is 0.344 e. The first-order valence-corrected chi connectivity index (χ1v) is 7.76. The number of hydrogen-bond donors (Lipinski definition) is 1. The summed E-state index contributed by atoms with van der Waals surface area (Å²) in [6, 6.07) is 9.72. The maximum atomic E-state index is 11.4. The summed E-state index contributed by atoms with van der Waals surface area (Å²) in [5.41, 5.74) is 3.37. The van der Waals surface area contributed by atoms with Crippen molar-refractivity contribution >= 4 is 23.7 Å². The summed E-state index contributed by atoms with van der Waals surface area (Å²) in [5, 5.41) is 14.5. The molecule has 0 spiro atoms. The molecular formula is C17H18N4O5. The highest BCUT2D eigenvalue weighted by Gasteiger charge is 2.06. The molecule has 0 atom stereocenters. The van der Waals surface area contributed by atoms with Crippen molar-refractivity contribution in [1.82, 2.24) is 4.98 Å². The van der Waals surface area contributed by atoms with Crippen LogP contribution in [0.3, 0.4) is 0 Å². The predicted molar refractivity (Wildman–Crippen MR) is 95.3 cm³/mol. The van der Waals surface area contributed by atoms with E-state index in [-0.39, 0.29) is 18.4 Å². The summed E-state index contributed by atoms with van der Waals surface area (Å²) in [7, 11) is 0. The molecule has 26 heavy (non-hydrogen) atoms. The molecule has 0 aliphatic carbocycles. The molecule has 9 nitrogen and oxygen atoms in total. The van der Waals surface area contributed by atoms with Crippen LogP contribution in [0.4, 0.5) is 11.5 Å². The van der Waals surface area contributed by atoms with Gasteiger partial charge in [0.05, 0.1) is 17.2 Å². The molecule has 1 aromatic carbocycles. The van der Waals surface area contributed by atoms with Gasteiger partial charge in [0.15, 0.2) is 6.61 Å². The molecule has 0 aliphatic rings. The van der Waals surface area contributed by atoms with Gasteiger partial charge in [-0.25, -0.2) is 9.78 Å². The van der Waals surface area contributed by atoms with E-state index in [1.54, 1.807) is 44.3 Å². The first-order valence-electron chi connectivity index (χ1n) is 7.76. The number of pyridine rings is 1. The van der Waals surface area contributed by atoms with Gasteiger partial charge in [-0.15, -0.1) is 0 Å². The minimum absolute atomic E-state index is 0.0904. The standard InChI is InChI=1S/C17H18N4O5/c1-12(2)26-17(22)11-25-15-6-3-13(4-7-15)9-19-20-16-8-5-14(10-18-16)21(23)24/h3-10,12H,11H2,1-2H3,(H,18,20)/b19-9-. The summed E-state index contributed by atoms with van der Waals surface area (Å²) < 4.78 is 10.3. The van der Waals surface area contributed by atoms with E-state index in [1.807, 2.05) is 0 Å². The van der Waals surface area contributed by atoms with Gasteiger partial charge in [0.1, 0.15) is 17.8 Å². The molecule has 0 amide bonds. The lowest BCUT2D eigenvalue weighted by Crippen LogP contribution is -2.18. The van der Waals surface area contributed by atoms with Gasteiger partial charge in [0.25, 0.3) is 5.69 Å². The van der Waals surface area contributed by atoms with Gasteiger partial charge < -0.3 is 9.47 Å². The zero-order valence-corrected chi connectivity index (χ0v) is 14.3. The number of carbonyl (C=O) groups is 1. The Hall–Kier alpha value is -3.49. The van der Waals surface area contributed by atoms with E-state index in [2.05, 4.69) is 15.5 Å². The molecule has 1 heterocycles. The highest BCUT2D eigenvalue weighted by atomic mass is 16.6. The van der Waals surface area contributed by atoms with Gasteiger partial charge in [-0.1, -0.05) is 0 Å². The van der Waals surface area contributed by atoms with Crippen LogP contribution in [0.15, 0.2) is 47.7 Å².